The zero-order valence-electron chi connectivity index (χ0n) is 11.9. The highest BCUT2D eigenvalue weighted by Crippen LogP contribution is 2.31. The van der Waals surface area contributed by atoms with Crippen molar-refractivity contribution in [2.75, 3.05) is 13.7 Å². The first kappa shape index (κ1) is 14.6. The molecule has 2 aromatic carbocycles. The van der Waals surface area contributed by atoms with Crippen molar-refractivity contribution in [3.8, 4) is 5.75 Å². The standard InChI is InChI=1S/C17H21NO2/c1-12-6-8-13(9-7-12)16(11-18)17(19)14-4-3-5-15(10-14)20-2/h3-10,16-17,19H,11,18H2,1-2H3. The molecule has 0 saturated carbocycles. The lowest BCUT2D eigenvalue weighted by molar-refractivity contribution is 0.147. The summed E-state index contributed by atoms with van der Waals surface area (Å²) in [7, 11) is 1.62. The summed E-state index contributed by atoms with van der Waals surface area (Å²) in [6, 6.07) is 15.6. The van der Waals surface area contributed by atoms with E-state index in [1.54, 1.807) is 7.11 Å². The lowest BCUT2D eigenvalue weighted by atomic mass is 9.89. The van der Waals surface area contributed by atoms with E-state index < -0.39 is 6.10 Å². The van der Waals surface area contributed by atoms with Gasteiger partial charge in [-0.2, -0.15) is 0 Å². The Morgan fingerprint density at radius 3 is 2.40 bits per heavy atom. The molecular weight excluding hydrogens is 250 g/mol. The predicted molar refractivity (Wildman–Crippen MR) is 80.9 cm³/mol. The Hall–Kier alpha value is -1.84. The van der Waals surface area contributed by atoms with Gasteiger partial charge in [0, 0.05) is 12.5 Å². The van der Waals surface area contributed by atoms with E-state index in [0.717, 1.165) is 16.9 Å². The summed E-state index contributed by atoms with van der Waals surface area (Å²) in [6.07, 6.45) is -0.641. The Bertz CT molecular complexity index is 551. The molecule has 0 radical (unpaired) electrons. The zero-order chi connectivity index (χ0) is 14.5. The van der Waals surface area contributed by atoms with Crippen LogP contribution in [-0.4, -0.2) is 18.8 Å². The quantitative estimate of drug-likeness (QED) is 0.879. The van der Waals surface area contributed by atoms with Crippen molar-refractivity contribution in [2.45, 2.75) is 18.9 Å². The first-order chi connectivity index (χ1) is 9.65. The number of ether oxygens (including phenoxy) is 1. The third-order valence-corrected chi connectivity index (χ3v) is 3.58. The fraction of sp³-hybridized carbons (Fsp3) is 0.294. The summed E-state index contributed by atoms with van der Waals surface area (Å²) >= 11 is 0. The van der Waals surface area contributed by atoms with E-state index in [2.05, 4.69) is 0 Å². The number of methoxy groups -OCH3 is 1. The third-order valence-electron chi connectivity index (χ3n) is 3.58. The van der Waals surface area contributed by atoms with Gasteiger partial charge in [-0.3, -0.25) is 0 Å². The van der Waals surface area contributed by atoms with Crippen LogP contribution in [0.5, 0.6) is 5.75 Å². The molecule has 2 aromatic rings. The Balaban J connectivity index is 2.28. The average molecular weight is 271 g/mol. The molecule has 3 nitrogen and oxygen atoms in total. The summed E-state index contributed by atoms with van der Waals surface area (Å²) in [5, 5.41) is 10.6. The van der Waals surface area contributed by atoms with Crippen molar-refractivity contribution < 1.29 is 9.84 Å². The average Bonchev–Trinajstić information content (AvgIpc) is 2.50. The fourth-order valence-corrected chi connectivity index (χ4v) is 2.32. The van der Waals surface area contributed by atoms with E-state index in [0.29, 0.717) is 6.54 Å². The van der Waals surface area contributed by atoms with E-state index in [4.69, 9.17) is 10.5 Å². The maximum Gasteiger partial charge on any atom is 0.119 e. The van der Waals surface area contributed by atoms with Gasteiger partial charge in [0.05, 0.1) is 13.2 Å². The Labute approximate surface area is 120 Å². The molecule has 2 atom stereocenters. The molecule has 0 heterocycles. The van der Waals surface area contributed by atoms with Crippen molar-refractivity contribution in [3.63, 3.8) is 0 Å². The molecule has 0 fully saturated rings. The molecule has 3 heteroatoms. The number of aliphatic hydroxyl groups is 1. The molecule has 0 aliphatic heterocycles. The molecule has 0 aromatic heterocycles. The smallest absolute Gasteiger partial charge is 0.119 e. The molecule has 0 saturated heterocycles. The van der Waals surface area contributed by atoms with Gasteiger partial charge in [0.15, 0.2) is 0 Å². The second-order valence-electron chi connectivity index (χ2n) is 4.97. The van der Waals surface area contributed by atoms with Crippen LogP contribution in [0.15, 0.2) is 48.5 Å². The number of rotatable bonds is 5. The molecule has 0 amide bonds. The predicted octanol–water partition coefficient (Wildman–Crippen LogP) is 2.78. The molecule has 20 heavy (non-hydrogen) atoms. The van der Waals surface area contributed by atoms with Gasteiger partial charge in [-0.15, -0.1) is 0 Å². The van der Waals surface area contributed by atoms with Crippen LogP contribution in [0.1, 0.15) is 28.7 Å². The van der Waals surface area contributed by atoms with E-state index >= 15 is 0 Å². The maximum atomic E-state index is 10.6. The number of hydrogen-bond acceptors (Lipinski definition) is 3. The van der Waals surface area contributed by atoms with Crippen LogP contribution in [0.4, 0.5) is 0 Å². The van der Waals surface area contributed by atoms with Crippen LogP contribution < -0.4 is 10.5 Å². The zero-order valence-corrected chi connectivity index (χ0v) is 11.9. The van der Waals surface area contributed by atoms with Gasteiger partial charge in [0.2, 0.25) is 0 Å². The monoisotopic (exact) mass is 271 g/mol. The number of aliphatic hydroxyl groups excluding tert-OH is 1. The van der Waals surface area contributed by atoms with Crippen molar-refractivity contribution in [2.24, 2.45) is 5.73 Å². The Morgan fingerprint density at radius 2 is 1.80 bits per heavy atom. The summed E-state index contributed by atoms with van der Waals surface area (Å²) in [5.74, 6) is 0.615. The topological polar surface area (TPSA) is 55.5 Å². The molecule has 0 bridgehead atoms. The largest absolute Gasteiger partial charge is 0.497 e. The molecule has 0 aliphatic carbocycles. The molecule has 106 valence electrons. The van der Waals surface area contributed by atoms with Gasteiger partial charge in [-0.1, -0.05) is 42.0 Å². The lowest BCUT2D eigenvalue weighted by Gasteiger charge is -2.22. The molecule has 2 rings (SSSR count). The van der Waals surface area contributed by atoms with Crippen molar-refractivity contribution in [3.05, 3.63) is 65.2 Å². The summed E-state index contributed by atoms with van der Waals surface area (Å²) in [6.45, 7) is 2.43. The van der Waals surface area contributed by atoms with Gasteiger partial charge in [0.1, 0.15) is 5.75 Å². The number of hydrogen-bond donors (Lipinski definition) is 2. The highest BCUT2D eigenvalue weighted by Gasteiger charge is 2.21. The summed E-state index contributed by atoms with van der Waals surface area (Å²) in [4.78, 5) is 0. The SMILES string of the molecule is COc1cccc(C(O)C(CN)c2ccc(C)cc2)c1. The number of benzene rings is 2. The van der Waals surface area contributed by atoms with Gasteiger partial charge >= 0.3 is 0 Å². The third kappa shape index (κ3) is 3.18. The van der Waals surface area contributed by atoms with Crippen LogP contribution in [-0.2, 0) is 0 Å². The van der Waals surface area contributed by atoms with E-state index in [-0.39, 0.29) is 5.92 Å². The van der Waals surface area contributed by atoms with E-state index in [9.17, 15) is 5.11 Å². The number of aryl methyl sites for hydroxylation is 1. The lowest BCUT2D eigenvalue weighted by Crippen LogP contribution is -2.20. The van der Waals surface area contributed by atoms with Crippen molar-refractivity contribution >= 4 is 0 Å². The van der Waals surface area contributed by atoms with Crippen LogP contribution in [0.25, 0.3) is 0 Å². The highest BCUT2D eigenvalue weighted by molar-refractivity contribution is 5.33. The van der Waals surface area contributed by atoms with Gasteiger partial charge in [0.25, 0.3) is 0 Å². The normalized spacial score (nSPS) is 13.8. The molecule has 3 N–H and O–H groups in total. The number of nitrogens with two attached hydrogens (primary N) is 1. The highest BCUT2D eigenvalue weighted by atomic mass is 16.5. The Morgan fingerprint density at radius 1 is 1.10 bits per heavy atom. The van der Waals surface area contributed by atoms with Crippen LogP contribution in [0, 0.1) is 6.92 Å². The second kappa shape index (κ2) is 6.55. The van der Waals surface area contributed by atoms with E-state index in [1.807, 2.05) is 55.5 Å². The molecule has 0 aliphatic rings. The minimum Gasteiger partial charge on any atom is -0.497 e. The summed E-state index contributed by atoms with van der Waals surface area (Å²) < 4.78 is 5.20. The van der Waals surface area contributed by atoms with Gasteiger partial charge in [-0.25, -0.2) is 0 Å². The van der Waals surface area contributed by atoms with Crippen molar-refractivity contribution in [1.82, 2.24) is 0 Å². The second-order valence-corrected chi connectivity index (χ2v) is 4.97. The van der Waals surface area contributed by atoms with Gasteiger partial charge in [-0.05, 0) is 30.2 Å². The van der Waals surface area contributed by atoms with Crippen LogP contribution in [0.3, 0.4) is 0 Å². The minimum atomic E-state index is -0.641. The molecule has 0 spiro atoms. The molecule has 2 unspecified atom stereocenters. The van der Waals surface area contributed by atoms with Gasteiger partial charge < -0.3 is 15.6 Å². The van der Waals surface area contributed by atoms with E-state index in [1.165, 1.54) is 5.56 Å². The molecular formula is C17H21NO2. The first-order valence-electron chi connectivity index (χ1n) is 6.74. The Kier molecular flexibility index (Phi) is 4.77. The minimum absolute atomic E-state index is 0.122. The summed E-state index contributed by atoms with van der Waals surface area (Å²) in [5.41, 5.74) is 8.92. The van der Waals surface area contributed by atoms with Crippen molar-refractivity contribution in [1.29, 1.82) is 0 Å². The van der Waals surface area contributed by atoms with Crippen LogP contribution in [0.2, 0.25) is 0 Å². The first-order valence-corrected chi connectivity index (χ1v) is 6.74. The fourth-order valence-electron chi connectivity index (χ4n) is 2.32. The maximum absolute atomic E-state index is 10.6. The van der Waals surface area contributed by atoms with Crippen LogP contribution >= 0.6 is 0 Å².